The zero-order chi connectivity index (χ0) is 23.6. The summed E-state index contributed by atoms with van der Waals surface area (Å²) >= 11 is 2.31. The van der Waals surface area contributed by atoms with Gasteiger partial charge in [-0.1, -0.05) is 30.3 Å². The maximum Gasteiger partial charge on any atom is 0.450 e. The smallest absolute Gasteiger partial charge is 0.320 e. The van der Waals surface area contributed by atoms with Gasteiger partial charge in [0.2, 0.25) is 17.6 Å². The van der Waals surface area contributed by atoms with Crippen molar-refractivity contribution in [2.24, 2.45) is 5.73 Å². The summed E-state index contributed by atoms with van der Waals surface area (Å²) in [6.07, 6.45) is -3.69. The minimum absolute atomic E-state index is 0.0894. The lowest BCUT2D eigenvalue weighted by Gasteiger charge is -2.24. The van der Waals surface area contributed by atoms with Gasteiger partial charge in [0.15, 0.2) is 0 Å². The molecule has 2 aromatic rings. The summed E-state index contributed by atoms with van der Waals surface area (Å²) in [5, 5.41) is 3.70. The highest BCUT2D eigenvalue weighted by atomic mass is 32.2. The first kappa shape index (κ1) is 26.1. The van der Waals surface area contributed by atoms with E-state index in [1.54, 1.807) is 0 Å². The van der Waals surface area contributed by atoms with Gasteiger partial charge in [0.1, 0.15) is 0 Å². The summed E-state index contributed by atoms with van der Waals surface area (Å²) < 4.78 is 36.7. The third kappa shape index (κ3) is 8.76. The quantitative estimate of drug-likeness (QED) is 0.461. The zero-order valence-electron chi connectivity index (χ0n) is 17.3. The fraction of sp³-hybridized carbons (Fsp3) is 0.409. The first-order valence-electron chi connectivity index (χ1n) is 10.0. The van der Waals surface area contributed by atoms with E-state index in [-0.39, 0.29) is 31.0 Å². The highest BCUT2D eigenvalue weighted by Crippen LogP contribution is 2.19. The third-order valence-corrected chi connectivity index (χ3v) is 6.42. The molecule has 0 aliphatic carbocycles. The van der Waals surface area contributed by atoms with Gasteiger partial charge in [-0.2, -0.15) is 36.3 Å². The molecular weight excluding hydrogens is 461 g/mol. The standard InChI is InChI=1S/C22H25F3N2O3S2/c23-22(24,25)19(28)15-31-11-4-7-18(26)21(30)27(10-8-16-5-2-1-3-6-16)20(29)13-17-9-12-32-14-17/h1-3,5-6,9,12,14,18H,4,7-8,10-11,13,15,26H2/t18-/m0/s1. The Hall–Kier alpha value is -2.17. The van der Waals surface area contributed by atoms with Crippen LogP contribution in [0.5, 0.6) is 0 Å². The van der Waals surface area contributed by atoms with Crippen LogP contribution in [0.2, 0.25) is 0 Å². The van der Waals surface area contributed by atoms with Gasteiger partial charge in [0.05, 0.1) is 18.2 Å². The van der Waals surface area contributed by atoms with E-state index >= 15 is 0 Å². The molecule has 0 bridgehead atoms. The van der Waals surface area contributed by atoms with Crippen molar-refractivity contribution in [2.75, 3.05) is 18.1 Å². The van der Waals surface area contributed by atoms with Crippen molar-refractivity contribution in [2.45, 2.75) is 37.9 Å². The SMILES string of the molecule is N[C@@H](CCCSCC(=O)C(F)(F)F)C(=O)N(CCc1ccccc1)C(=O)Cc1ccsc1. The van der Waals surface area contributed by atoms with Crippen LogP contribution in [-0.2, 0) is 27.2 Å². The molecule has 174 valence electrons. The topological polar surface area (TPSA) is 80.5 Å². The first-order chi connectivity index (χ1) is 15.2. The second kappa shape index (κ2) is 12.8. The Morgan fingerprint density at radius 2 is 1.81 bits per heavy atom. The normalized spacial score (nSPS) is 12.4. The molecular formula is C22H25F3N2O3S2. The van der Waals surface area contributed by atoms with E-state index in [4.69, 9.17) is 5.73 Å². The molecule has 0 unspecified atom stereocenters. The average molecular weight is 487 g/mol. The van der Waals surface area contributed by atoms with Gasteiger partial charge in [0, 0.05) is 6.54 Å². The Bertz CT molecular complexity index is 874. The summed E-state index contributed by atoms with van der Waals surface area (Å²) in [7, 11) is 0. The molecule has 1 heterocycles. The number of benzene rings is 1. The molecule has 32 heavy (non-hydrogen) atoms. The number of carbonyl (C=O) groups excluding carboxylic acids is 3. The van der Waals surface area contributed by atoms with E-state index in [1.807, 2.05) is 47.2 Å². The van der Waals surface area contributed by atoms with Gasteiger partial charge in [-0.05, 0) is 53.0 Å². The number of amides is 2. The number of thiophene rings is 1. The summed E-state index contributed by atoms with van der Waals surface area (Å²) in [4.78, 5) is 37.8. The van der Waals surface area contributed by atoms with Crippen molar-refractivity contribution in [3.63, 3.8) is 0 Å². The van der Waals surface area contributed by atoms with Crippen molar-refractivity contribution >= 4 is 40.7 Å². The number of halogens is 3. The molecule has 2 rings (SSSR count). The summed E-state index contributed by atoms with van der Waals surface area (Å²) in [5.41, 5.74) is 7.81. The van der Waals surface area contributed by atoms with Crippen LogP contribution >= 0.6 is 23.1 Å². The number of thioether (sulfide) groups is 1. The molecule has 2 N–H and O–H groups in total. The molecule has 1 aromatic carbocycles. The van der Waals surface area contributed by atoms with Crippen LogP contribution in [-0.4, -0.2) is 52.8 Å². The number of nitrogens with zero attached hydrogens (tertiary/aromatic N) is 1. The predicted molar refractivity (Wildman–Crippen MR) is 120 cm³/mol. The molecule has 1 atom stereocenters. The largest absolute Gasteiger partial charge is 0.450 e. The van der Waals surface area contributed by atoms with Gasteiger partial charge in [-0.15, -0.1) is 0 Å². The van der Waals surface area contributed by atoms with E-state index in [0.29, 0.717) is 12.8 Å². The van der Waals surface area contributed by atoms with Crippen LogP contribution in [0.15, 0.2) is 47.2 Å². The lowest BCUT2D eigenvalue weighted by molar-refractivity contribution is -0.167. The number of imide groups is 1. The van der Waals surface area contributed by atoms with Crippen LogP contribution in [0, 0.1) is 0 Å². The molecule has 0 aliphatic heterocycles. The Morgan fingerprint density at radius 1 is 1.09 bits per heavy atom. The predicted octanol–water partition coefficient (Wildman–Crippen LogP) is 3.86. The second-order valence-electron chi connectivity index (χ2n) is 7.15. The minimum Gasteiger partial charge on any atom is -0.320 e. The Morgan fingerprint density at radius 3 is 2.44 bits per heavy atom. The number of alkyl halides is 3. The van der Waals surface area contributed by atoms with E-state index in [1.165, 1.54) is 16.2 Å². The molecule has 10 heteroatoms. The fourth-order valence-corrected chi connectivity index (χ4v) is 4.42. The molecule has 2 amide bonds. The number of ketones is 1. The molecule has 1 aromatic heterocycles. The van der Waals surface area contributed by atoms with Crippen molar-refractivity contribution in [3.8, 4) is 0 Å². The van der Waals surface area contributed by atoms with Gasteiger partial charge >= 0.3 is 6.18 Å². The number of Topliss-reactive ketones (excluding diaryl/α,β-unsaturated/α-hetero) is 1. The van der Waals surface area contributed by atoms with Gasteiger partial charge in [-0.25, -0.2) is 0 Å². The molecule has 0 aliphatic rings. The maximum atomic E-state index is 12.9. The number of hydrogen-bond acceptors (Lipinski definition) is 6. The Labute approximate surface area is 193 Å². The van der Waals surface area contributed by atoms with Crippen molar-refractivity contribution < 1.29 is 27.6 Å². The van der Waals surface area contributed by atoms with E-state index in [0.717, 1.165) is 22.9 Å². The first-order valence-corrected chi connectivity index (χ1v) is 12.1. The van der Waals surface area contributed by atoms with Crippen LogP contribution < -0.4 is 5.73 Å². The molecule has 0 spiro atoms. The van der Waals surface area contributed by atoms with Gasteiger partial charge < -0.3 is 5.73 Å². The number of carbonyl (C=O) groups is 3. The fourth-order valence-electron chi connectivity index (χ4n) is 2.88. The van der Waals surface area contributed by atoms with Gasteiger partial charge in [0.25, 0.3) is 0 Å². The Kier molecular flexibility index (Phi) is 10.4. The molecule has 0 fully saturated rings. The highest BCUT2D eigenvalue weighted by Gasteiger charge is 2.37. The Balaban J connectivity index is 1.90. The van der Waals surface area contributed by atoms with Crippen LogP contribution in [0.3, 0.4) is 0 Å². The minimum atomic E-state index is -4.83. The highest BCUT2D eigenvalue weighted by molar-refractivity contribution is 7.99. The van der Waals surface area contributed by atoms with E-state index in [2.05, 4.69) is 0 Å². The molecule has 0 saturated heterocycles. The molecule has 0 saturated carbocycles. The monoisotopic (exact) mass is 486 g/mol. The van der Waals surface area contributed by atoms with Crippen LogP contribution in [0.4, 0.5) is 13.2 Å². The summed E-state index contributed by atoms with van der Waals surface area (Å²) in [6.45, 7) is 0.189. The average Bonchev–Trinajstić information content (AvgIpc) is 3.26. The van der Waals surface area contributed by atoms with Crippen molar-refractivity contribution in [1.82, 2.24) is 4.90 Å². The third-order valence-electron chi connectivity index (χ3n) is 4.64. The molecule has 5 nitrogen and oxygen atoms in total. The molecule has 0 radical (unpaired) electrons. The summed E-state index contributed by atoms with van der Waals surface area (Å²) in [6, 6.07) is 10.3. The van der Waals surface area contributed by atoms with Gasteiger partial charge in [-0.3, -0.25) is 19.3 Å². The zero-order valence-corrected chi connectivity index (χ0v) is 19.0. The second-order valence-corrected chi connectivity index (χ2v) is 9.04. The maximum absolute atomic E-state index is 12.9. The van der Waals surface area contributed by atoms with Crippen LogP contribution in [0.1, 0.15) is 24.0 Å². The number of nitrogens with two attached hydrogens (primary N) is 1. The van der Waals surface area contributed by atoms with E-state index < -0.39 is 29.7 Å². The lowest BCUT2D eigenvalue weighted by atomic mass is 10.1. The summed E-state index contributed by atoms with van der Waals surface area (Å²) in [5.74, 6) is -3.03. The number of rotatable bonds is 12. The van der Waals surface area contributed by atoms with Crippen molar-refractivity contribution in [1.29, 1.82) is 0 Å². The van der Waals surface area contributed by atoms with Crippen molar-refractivity contribution in [3.05, 3.63) is 58.3 Å². The van der Waals surface area contributed by atoms with Crippen LogP contribution in [0.25, 0.3) is 0 Å². The number of hydrogen-bond donors (Lipinski definition) is 1. The lowest BCUT2D eigenvalue weighted by Crippen LogP contribution is -2.48. The van der Waals surface area contributed by atoms with E-state index in [9.17, 15) is 27.6 Å².